The van der Waals surface area contributed by atoms with Gasteiger partial charge in [-0.25, -0.2) is 4.98 Å². The highest BCUT2D eigenvalue weighted by molar-refractivity contribution is 6.00. The number of piperidine rings is 1. The predicted molar refractivity (Wildman–Crippen MR) is 112 cm³/mol. The molecule has 0 saturated carbocycles. The average molecular weight is 358 g/mol. The summed E-state index contributed by atoms with van der Waals surface area (Å²) in [5.74, 6) is 0.679. The zero-order valence-corrected chi connectivity index (χ0v) is 16.0. The van der Waals surface area contributed by atoms with Crippen LogP contribution in [0.5, 0.6) is 0 Å². The van der Waals surface area contributed by atoms with Gasteiger partial charge in [-0.3, -0.25) is 0 Å². The first-order chi connectivity index (χ1) is 13.3. The molecular formula is C23H26N4. The molecule has 0 atom stereocenters. The summed E-state index contributed by atoms with van der Waals surface area (Å²) in [7, 11) is 0. The molecule has 0 unspecified atom stereocenters. The molecule has 27 heavy (non-hydrogen) atoms. The average Bonchev–Trinajstić information content (AvgIpc) is 3.28. The number of fused-ring (bicyclic) bond motifs is 2. The molecule has 5 rings (SSSR count). The maximum Gasteiger partial charge on any atom is 0.138 e. The minimum absolute atomic E-state index is 0.679. The largest absolute Gasteiger partial charge is 0.354 e. The fourth-order valence-electron chi connectivity index (χ4n) is 4.70. The zero-order chi connectivity index (χ0) is 18.4. The predicted octanol–water partition coefficient (Wildman–Crippen LogP) is 5.05. The highest BCUT2D eigenvalue weighted by Crippen LogP contribution is 2.37. The maximum absolute atomic E-state index is 4.50. The number of hydrogen-bond donors (Lipinski definition) is 3. The Morgan fingerprint density at radius 3 is 2.81 bits per heavy atom. The molecule has 4 heterocycles. The van der Waals surface area contributed by atoms with Crippen LogP contribution < -0.4 is 5.32 Å². The molecule has 1 aliphatic rings. The summed E-state index contributed by atoms with van der Waals surface area (Å²) in [6.07, 6.45) is 7.43. The van der Waals surface area contributed by atoms with Crippen LogP contribution in [0.25, 0.3) is 33.2 Å². The lowest BCUT2D eigenvalue weighted by Gasteiger charge is -2.23. The minimum atomic E-state index is 0.679. The van der Waals surface area contributed by atoms with Gasteiger partial charge in [0.05, 0.1) is 5.69 Å². The number of aromatic amines is 2. The Hall–Kier alpha value is -2.59. The molecule has 0 radical (unpaired) electrons. The molecule has 4 nitrogen and oxygen atoms in total. The van der Waals surface area contributed by atoms with Crippen molar-refractivity contribution in [3.8, 4) is 11.3 Å². The summed E-state index contributed by atoms with van der Waals surface area (Å²) in [4.78, 5) is 11.5. The fourth-order valence-corrected chi connectivity index (χ4v) is 4.70. The van der Waals surface area contributed by atoms with Gasteiger partial charge >= 0.3 is 0 Å². The molecule has 3 aromatic heterocycles. The van der Waals surface area contributed by atoms with Crippen molar-refractivity contribution in [2.24, 2.45) is 0 Å². The highest BCUT2D eigenvalue weighted by Gasteiger charge is 2.19. The number of aromatic nitrogens is 3. The molecule has 1 saturated heterocycles. The van der Waals surface area contributed by atoms with Gasteiger partial charge in [0.1, 0.15) is 5.65 Å². The van der Waals surface area contributed by atoms with E-state index < -0.39 is 0 Å². The number of nitrogens with one attached hydrogen (secondary N) is 3. The minimum Gasteiger partial charge on any atom is -0.354 e. The second kappa shape index (κ2) is 6.54. The molecular weight excluding hydrogens is 332 g/mol. The van der Waals surface area contributed by atoms with Crippen LogP contribution in [-0.2, 0) is 6.42 Å². The topological polar surface area (TPSA) is 56.5 Å². The van der Waals surface area contributed by atoms with Crippen LogP contribution in [0.3, 0.4) is 0 Å². The van der Waals surface area contributed by atoms with Crippen molar-refractivity contribution in [2.45, 2.75) is 39.0 Å². The van der Waals surface area contributed by atoms with Crippen molar-refractivity contribution < 1.29 is 0 Å². The summed E-state index contributed by atoms with van der Waals surface area (Å²) >= 11 is 0. The van der Waals surface area contributed by atoms with Crippen LogP contribution in [0.15, 0.2) is 36.7 Å². The summed E-state index contributed by atoms with van der Waals surface area (Å²) < 4.78 is 0. The smallest absolute Gasteiger partial charge is 0.138 e. The van der Waals surface area contributed by atoms with Gasteiger partial charge in [0.15, 0.2) is 0 Å². The van der Waals surface area contributed by atoms with E-state index in [1.807, 2.05) is 12.4 Å². The van der Waals surface area contributed by atoms with Crippen molar-refractivity contribution in [2.75, 3.05) is 13.1 Å². The van der Waals surface area contributed by atoms with E-state index in [-0.39, 0.29) is 0 Å². The fraction of sp³-hybridized carbons (Fsp3) is 0.348. The van der Waals surface area contributed by atoms with E-state index in [1.165, 1.54) is 57.1 Å². The summed E-state index contributed by atoms with van der Waals surface area (Å²) in [6, 6.07) is 9.17. The lowest BCUT2D eigenvalue weighted by atomic mass is 9.89. The number of benzene rings is 1. The maximum atomic E-state index is 4.50. The number of nitrogens with zero attached hydrogens (tertiary/aromatic N) is 1. The van der Waals surface area contributed by atoms with E-state index in [0.717, 1.165) is 25.2 Å². The van der Waals surface area contributed by atoms with E-state index in [0.29, 0.717) is 5.92 Å². The molecule has 1 aliphatic heterocycles. The Morgan fingerprint density at radius 1 is 1.15 bits per heavy atom. The molecule has 0 amide bonds. The van der Waals surface area contributed by atoms with E-state index in [2.05, 4.69) is 58.4 Å². The first kappa shape index (κ1) is 16.6. The number of H-pyrrole nitrogens is 2. The van der Waals surface area contributed by atoms with Crippen molar-refractivity contribution in [3.63, 3.8) is 0 Å². The van der Waals surface area contributed by atoms with Gasteiger partial charge in [-0.05, 0) is 80.1 Å². The quantitative estimate of drug-likeness (QED) is 0.480. The number of pyridine rings is 1. The monoisotopic (exact) mass is 358 g/mol. The van der Waals surface area contributed by atoms with Gasteiger partial charge in [-0.15, -0.1) is 0 Å². The number of hydrogen-bond acceptors (Lipinski definition) is 2. The molecule has 138 valence electrons. The van der Waals surface area contributed by atoms with Crippen LogP contribution in [0.1, 0.15) is 42.4 Å². The lowest BCUT2D eigenvalue weighted by Crippen LogP contribution is -2.26. The van der Waals surface area contributed by atoms with Gasteiger partial charge in [0, 0.05) is 34.2 Å². The molecule has 0 spiro atoms. The molecule has 1 fully saturated rings. The molecule has 0 aliphatic carbocycles. The Morgan fingerprint density at radius 2 is 2.00 bits per heavy atom. The molecule has 0 bridgehead atoms. The van der Waals surface area contributed by atoms with Crippen molar-refractivity contribution in [1.29, 1.82) is 0 Å². The molecule has 1 aromatic carbocycles. The van der Waals surface area contributed by atoms with E-state index in [1.54, 1.807) is 0 Å². The van der Waals surface area contributed by atoms with Crippen molar-refractivity contribution in [1.82, 2.24) is 20.3 Å². The van der Waals surface area contributed by atoms with E-state index in [9.17, 15) is 0 Å². The summed E-state index contributed by atoms with van der Waals surface area (Å²) in [6.45, 7) is 6.66. The van der Waals surface area contributed by atoms with E-state index >= 15 is 0 Å². The zero-order valence-electron chi connectivity index (χ0n) is 16.0. The third-order valence-electron chi connectivity index (χ3n) is 6.13. The Labute approximate surface area is 159 Å². The lowest BCUT2D eigenvalue weighted by molar-refractivity contribution is 0.460. The van der Waals surface area contributed by atoms with Crippen LogP contribution in [0.4, 0.5) is 0 Å². The SMILES string of the molecule is CCc1c(-c2ccnc3[nH]cc(C)c23)[nH]c2ccc(C3CCNCC3)cc12. The Bertz CT molecular complexity index is 1110. The first-order valence-electron chi connectivity index (χ1n) is 10.0. The van der Waals surface area contributed by atoms with Crippen LogP contribution >= 0.6 is 0 Å². The normalized spacial score (nSPS) is 15.8. The van der Waals surface area contributed by atoms with Crippen LogP contribution in [0.2, 0.25) is 0 Å². The van der Waals surface area contributed by atoms with Gasteiger partial charge in [-0.1, -0.05) is 13.0 Å². The number of rotatable bonds is 3. The Kier molecular flexibility index (Phi) is 4.01. The van der Waals surface area contributed by atoms with Crippen molar-refractivity contribution in [3.05, 3.63) is 53.3 Å². The van der Waals surface area contributed by atoms with E-state index in [4.69, 9.17) is 0 Å². The second-order valence-corrected chi connectivity index (χ2v) is 7.72. The summed E-state index contributed by atoms with van der Waals surface area (Å²) in [5, 5.41) is 6.07. The third-order valence-corrected chi connectivity index (χ3v) is 6.13. The summed E-state index contributed by atoms with van der Waals surface area (Å²) in [5.41, 5.74) is 8.82. The van der Waals surface area contributed by atoms with Crippen molar-refractivity contribution >= 4 is 21.9 Å². The van der Waals surface area contributed by atoms with Gasteiger partial charge in [-0.2, -0.15) is 0 Å². The van der Waals surface area contributed by atoms with Gasteiger partial charge in [0.2, 0.25) is 0 Å². The Balaban J connectivity index is 1.69. The number of aryl methyl sites for hydroxylation is 2. The second-order valence-electron chi connectivity index (χ2n) is 7.72. The first-order valence-corrected chi connectivity index (χ1v) is 10.0. The molecule has 4 aromatic rings. The van der Waals surface area contributed by atoms with Gasteiger partial charge < -0.3 is 15.3 Å². The highest BCUT2D eigenvalue weighted by atomic mass is 14.9. The van der Waals surface area contributed by atoms with Crippen LogP contribution in [-0.4, -0.2) is 28.0 Å². The molecule has 3 N–H and O–H groups in total. The van der Waals surface area contributed by atoms with Crippen LogP contribution in [0, 0.1) is 6.92 Å². The van der Waals surface area contributed by atoms with Gasteiger partial charge in [0.25, 0.3) is 0 Å². The third kappa shape index (κ3) is 2.67. The standard InChI is InChI=1S/C23H26N4/c1-3-17-19-12-16(15-6-9-24-10-7-15)4-5-20(19)27-22(17)18-8-11-25-23-21(18)14(2)13-26-23/h4-5,8,11-13,15,24,27H,3,6-7,9-10H2,1-2H3,(H,25,26). The molecule has 4 heteroatoms.